The van der Waals surface area contributed by atoms with Crippen molar-refractivity contribution in [3.05, 3.63) is 64.4 Å². The number of nitrogens with one attached hydrogen (secondary N) is 2. The van der Waals surface area contributed by atoms with Gasteiger partial charge in [0.1, 0.15) is 11.9 Å². The van der Waals surface area contributed by atoms with Gasteiger partial charge in [-0.1, -0.05) is 12.1 Å². The van der Waals surface area contributed by atoms with E-state index in [9.17, 15) is 18.8 Å². The summed E-state index contributed by atoms with van der Waals surface area (Å²) in [6.07, 6.45) is -6.28. The maximum atomic E-state index is 14.8. The molecule has 8 nitrogen and oxygen atoms in total. The Balaban J connectivity index is 1.45. The van der Waals surface area contributed by atoms with Crippen molar-refractivity contribution >= 4 is 23.4 Å². The first-order valence-corrected chi connectivity index (χ1v) is 10.9. The minimum atomic E-state index is -3.16. The smallest absolute Gasteiger partial charge is 0.255 e. The molecule has 9 heteroatoms. The van der Waals surface area contributed by atoms with Crippen molar-refractivity contribution in [2.45, 2.75) is 38.4 Å². The molecule has 0 aliphatic carbocycles. The summed E-state index contributed by atoms with van der Waals surface area (Å²) in [5.74, 6) is -4.24. The number of nitrogens with zero attached hydrogens (tertiary/aromatic N) is 2. The van der Waals surface area contributed by atoms with Gasteiger partial charge in [-0.3, -0.25) is 24.6 Å². The largest absolute Gasteiger partial charge is 0.381 e. The minimum Gasteiger partial charge on any atom is -0.381 e. The van der Waals surface area contributed by atoms with Crippen LogP contribution < -0.4 is 10.6 Å². The number of fused-ring (bicyclic) bond motifs is 1. The number of amides is 3. The monoisotopic (exact) mass is 473 g/mol. The lowest BCUT2D eigenvalue weighted by Gasteiger charge is -2.29. The number of carbonyl (C=O) groups is 3. The summed E-state index contributed by atoms with van der Waals surface area (Å²) in [7, 11) is 0. The number of piperidine rings is 1. The fourth-order valence-electron chi connectivity index (χ4n) is 4.21. The van der Waals surface area contributed by atoms with Gasteiger partial charge >= 0.3 is 0 Å². The lowest BCUT2D eigenvalue weighted by atomic mass is 10.0. The maximum Gasteiger partial charge on any atom is 0.255 e. The van der Waals surface area contributed by atoms with E-state index in [-0.39, 0.29) is 28.9 Å². The van der Waals surface area contributed by atoms with Crippen LogP contribution in [0.5, 0.6) is 0 Å². The number of hydrogen-bond acceptors (Lipinski definition) is 6. The normalized spacial score (nSPS) is 26.9. The predicted molar refractivity (Wildman–Crippen MR) is 122 cm³/mol. The number of morpholine rings is 1. The molecular weight excluding hydrogens is 439 g/mol. The maximum absolute atomic E-state index is 14.8. The van der Waals surface area contributed by atoms with Gasteiger partial charge in [-0.25, -0.2) is 4.39 Å². The summed E-state index contributed by atoms with van der Waals surface area (Å²) in [6.45, 7) is 2.61. The Hall–Kier alpha value is -3.30. The summed E-state index contributed by atoms with van der Waals surface area (Å²) < 4.78 is 77.5. The molecule has 3 heterocycles. The third-order valence-electron chi connectivity index (χ3n) is 5.98. The standard InChI is InChI=1S/C25H27FN4O4/c26-20-5-4-16(14-29-8-10-34-11-9-29)12-17(20)13-27-21-3-1-2-18-19(21)15-30(25(18)33)22-6-7-23(31)28-24(22)32/h1-5,12,22,27H,6-11,13-15H2,(H,28,31,32)/i1D,2D,3D,6D2,7D2. The number of rotatable bonds is 6. The van der Waals surface area contributed by atoms with Crippen LogP contribution in [-0.4, -0.2) is 59.9 Å². The van der Waals surface area contributed by atoms with Gasteiger partial charge in [0, 0.05) is 67.0 Å². The molecule has 2 aromatic carbocycles. The van der Waals surface area contributed by atoms with E-state index in [0.29, 0.717) is 24.7 Å². The fourth-order valence-corrected chi connectivity index (χ4v) is 4.21. The second-order valence-corrected chi connectivity index (χ2v) is 8.19. The van der Waals surface area contributed by atoms with Crippen LogP contribution in [0.1, 0.15) is 49.4 Å². The van der Waals surface area contributed by atoms with Crippen molar-refractivity contribution in [1.82, 2.24) is 15.1 Å². The number of benzene rings is 2. The van der Waals surface area contributed by atoms with Crippen molar-refractivity contribution in [3.8, 4) is 0 Å². The Morgan fingerprint density at radius 3 is 2.88 bits per heavy atom. The number of ether oxygens (including phenoxy) is 1. The SMILES string of the molecule is [2H]c1c([2H])c(NCc2cc(CN3CCOCC3)ccc2F)c2c(c1[2H])C(=O)N(C1C(=O)NC(=O)C([2H])([2H])C1([2H])[2H])C2. The summed E-state index contributed by atoms with van der Waals surface area (Å²) in [5.41, 5.74) is 0.704. The Bertz CT molecular complexity index is 1450. The van der Waals surface area contributed by atoms with Crippen molar-refractivity contribution in [3.63, 3.8) is 0 Å². The highest BCUT2D eigenvalue weighted by Gasteiger charge is 2.39. The van der Waals surface area contributed by atoms with Gasteiger partial charge in [0.2, 0.25) is 11.8 Å². The highest BCUT2D eigenvalue weighted by atomic mass is 19.1. The number of carbonyl (C=O) groups excluding carboxylic acids is 3. The Morgan fingerprint density at radius 1 is 1.24 bits per heavy atom. The number of imide groups is 1. The van der Waals surface area contributed by atoms with E-state index in [1.54, 1.807) is 17.4 Å². The van der Waals surface area contributed by atoms with Crippen LogP contribution in [0.15, 0.2) is 36.3 Å². The molecule has 0 bridgehead atoms. The third-order valence-corrected chi connectivity index (χ3v) is 5.98. The molecular formula is C25H27FN4O4. The van der Waals surface area contributed by atoms with E-state index in [1.165, 1.54) is 6.07 Å². The van der Waals surface area contributed by atoms with Gasteiger partial charge in [-0.15, -0.1) is 0 Å². The molecule has 2 fully saturated rings. The number of anilines is 1. The summed E-state index contributed by atoms with van der Waals surface area (Å²) in [6, 6.07) is 0.921. The van der Waals surface area contributed by atoms with E-state index in [4.69, 9.17) is 14.3 Å². The Labute approximate surface area is 206 Å². The van der Waals surface area contributed by atoms with Gasteiger partial charge < -0.3 is 15.0 Å². The quantitative estimate of drug-likeness (QED) is 0.624. The molecule has 2 N–H and O–H groups in total. The lowest BCUT2D eigenvalue weighted by molar-refractivity contribution is -0.136. The summed E-state index contributed by atoms with van der Waals surface area (Å²) >= 11 is 0. The highest BCUT2D eigenvalue weighted by molar-refractivity contribution is 6.06. The molecule has 1 atom stereocenters. The molecule has 3 aliphatic heterocycles. The molecule has 0 radical (unpaired) electrons. The predicted octanol–water partition coefficient (Wildman–Crippen LogP) is 2.03. The molecule has 178 valence electrons. The topological polar surface area (TPSA) is 91.0 Å². The van der Waals surface area contributed by atoms with Gasteiger partial charge in [0.15, 0.2) is 0 Å². The van der Waals surface area contributed by atoms with Crippen LogP contribution in [0.25, 0.3) is 0 Å². The van der Waals surface area contributed by atoms with Crippen molar-refractivity contribution in [1.29, 1.82) is 0 Å². The highest BCUT2D eigenvalue weighted by Crippen LogP contribution is 2.32. The zero-order valence-electron chi connectivity index (χ0n) is 25.2. The zero-order valence-corrected chi connectivity index (χ0v) is 18.2. The van der Waals surface area contributed by atoms with Gasteiger partial charge in [-0.05, 0) is 36.2 Å². The Kier molecular flexibility index (Phi) is 4.36. The van der Waals surface area contributed by atoms with Crippen molar-refractivity contribution in [2.24, 2.45) is 0 Å². The summed E-state index contributed by atoms with van der Waals surface area (Å²) in [4.78, 5) is 41.0. The number of halogens is 1. The van der Waals surface area contributed by atoms with E-state index in [1.807, 2.05) is 0 Å². The molecule has 1 unspecified atom stereocenters. The van der Waals surface area contributed by atoms with Crippen molar-refractivity contribution < 1.29 is 33.1 Å². The fraction of sp³-hybridized carbons (Fsp3) is 0.400. The van der Waals surface area contributed by atoms with Crippen LogP contribution in [0.3, 0.4) is 0 Å². The molecule has 5 rings (SSSR count). The average molecular weight is 474 g/mol. The van der Waals surface area contributed by atoms with Crippen molar-refractivity contribution in [2.75, 3.05) is 31.6 Å². The molecule has 2 saturated heterocycles. The van der Waals surface area contributed by atoms with E-state index >= 15 is 0 Å². The minimum absolute atomic E-state index is 0.0203. The second-order valence-electron chi connectivity index (χ2n) is 8.19. The molecule has 0 spiro atoms. The molecule has 2 aromatic rings. The molecule has 34 heavy (non-hydrogen) atoms. The first-order chi connectivity index (χ1) is 19.3. The van der Waals surface area contributed by atoms with Crippen LogP contribution >= 0.6 is 0 Å². The molecule has 3 amide bonds. The van der Waals surface area contributed by atoms with Gasteiger partial charge in [-0.2, -0.15) is 0 Å². The lowest BCUT2D eigenvalue weighted by Crippen LogP contribution is -2.52. The second kappa shape index (κ2) is 9.52. The third kappa shape index (κ3) is 4.53. The van der Waals surface area contributed by atoms with Crippen LogP contribution in [0, 0.1) is 5.82 Å². The van der Waals surface area contributed by atoms with Crippen LogP contribution in [0.2, 0.25) is 0 Å². The van der Waals surface area contributed by atoms with E-state index in [0.717, 1.165) is 18.7 Å². The average Bonchev–Trinajstić information content (AvgIpc) is 3.24. The van der Waals surface area contributed by atoms with Crippen LogP contribution in [-0.2, 0) is 34.0 Å². The first-order valence-electron chi connectivity index (χ1n) is 14.4. The molecule has 3 aliphatic rings. The molecule has 0 saturated carbocycles. The summed E-state index contributed by atoms with van der Waals surface area (Å²) in [5, 5.41) is 4.67. The first kappa shape index (κ1) is 15.6. The van der Waals surface area contributed by atoms with Gasteiger partial charge in [0.05, 0.1) is 17.3 Å². The van der Waals surface area contributed by atoms with E-state index < -0.39 is 67.0 Å². The van der Waals surface area contributed by atoms with E-state index in [2.05, 4.69) is 10.2 Å². The molecule has 0 aromatic heterocycles. The Morgan fingerprint density at radius 2 is 2.06 bits per heavy atom. The number of hydrogen-bond donors (Lipinski definition) is 2. The van der Waals surface area contributed by atoms with Gasteiger partial charge in [0.25, 0.3) is 5.91 Å². The zero-order chi connectivity index (χ0) is 29.9. The van der Waals surface area contributed by atoms with Crippen LogP contribution in [0.4, 0.5) is 10.1 Å².